The molecule has 0 spiro atoms. The lowest BCUT2D eigenvalue weighted by Crippen LogP contribution is -2.29. The van der Waals surface area contributed by atoms with Crippen molar-refractivity contribution in [1.29, 1.82) is 0 Å². The van der Waals surface area contributed by atoms with Crippen LogP contribution >= 0.6 is 0 Å². The summed E-state index contributed by atoms with van der Waals surface area (Å²) in [6, 6.07) is 0. The highest BCUT2D eigenvalue weighted by Gasteiger charge is 2.24. The first kappa shape index (κ1) is 9.23. The summed E-state index contributed by atoms with van der Waals surface area (Å²) in [6.07, 6.45) is 8.99. The maximum absolute atomic E-state index is 5.68. The third-order valence-corrected chi connectivity index (χ3v) is 2.37. The Balaban J connectivity index is 2.80. The number of rotatable bonds is 3. The van der Waals surface area contributed by atoms with Crippen molar-refractivity contribution in [2.75, 3.05) is 13.1 Å². The van der Waals surface area contributed by atoms with Crippen LogP contribution in [0.3, 0.4) is 0 Å². The van der Waals surface area contributed by atoms with E-state index in [9.17, 15) is 0 Å². The molecule has 1 unspecified atom stereocenters. The second kappa shape index (κ2) is 3.70. The molecule has 2 heteroatoms. The lowest BCUT2D eigenvalue weighted by molar-refractivity contribution is 0.492. The summed E-state index contributed by atoms with van der Waals surface area (Å²) in [5.41, 5.74) is 12.4. The van der Waals surface area contributed by atoms with Crippen molar-refractivity contribution < 1.29 is 0 Å². The zero-order valence-electron chi connectivity index (χ0n) is 7.29. The lowest BCUT2D eigenvalue weighted by Gasteiger charge is -2.28. The summed E-state index contributed by atoms with van der Waals surface area (Å²) in [7, 11) is 0. The van der Waals surface area contributed by atoms with Crippen molar-refractivity contribution in [3.05, 3.63) is 36.5 Å². The van der Waals surface area contributed by atoms with Gasteiger partial charge in [0, 0.05) is 18.5 Å². The van der Waals surface area contributed by atoms with Crippen molar-refractivity contribution in [3.8, 4) is 0 Å². The Kier molecular flexibility index (Phi) is 2.84. The maximum Gasteiger partial charge on any atom is 0.0222 e. The van der Waals surface area contributed by atoms with Gasteiger partial charge < -0.3 is 11.5 Å². The van der Waals surface area contributed by atoms with Crippen LogP contribution in [0.15, 0.2) is 36.5 Å². The molecule has 0 aliphatic heterocycles. The van der Waals surface area contributed by atoms with Crippen LogP contribution in [-0.2, 0) is 0 Å². The van der Waals surface area contributed by atoms with E-state index in [0.29, 0.717) is 13.1 Å². The molecule has 0 heterocycles. The fraction of sp³-hybridized carbons (Fsp3) is 0.400. The third-order valence-electron chi connectivity index (χ3n) is 2.37. The molecule has 0 amide bonds. The predicted molar refractivity (Wildman–Crippen MR) is 52.6 cm³/mol. The molecule has 0 radical (unpaired) electrons. The molecule has 4 N–H and O–H groups in total. The van der Waals surface area contributed by atoms with Gasteiger partial charge in [0.2, 0.25) is 0 Å². The van der Waals surface area contributed by atoms with Gasteiger partial charge in [-0.1, -0.05) is 29.9 Å². The summed E-state index contributed by atoms with van der Waals surface area (Å²) in [6.45, 7) is 5.01. The molecule has 1 aliphatic carbocycles. The molecule has 1 aliphatic rings. The fourth-order valence-electron chi connectivity index (χ4n) is 1.42. The highest BCUT2D eigenvalue weighted by Crippen LogP contribution is 2.31. The van der Waals surface area contributed by atoms with Crippen molar-refractivity contribution >= 4 is 0 Å². The molecule has 1 rings (SSSR count). The highest BCUT2D eigenvalue weighted by molar-refractivity contribution is 5.28. The first-order chi connectivity index (χ1) is 5.76. The summed E-state index contributed by atoms with van der Waals surface area (Å²) >= 11 is 0. The van der Waals surface area contributed by atoms with Crippen molar-refractivity contribution in [1.82, 2.24) is 0 Å². The van der Waals surface area contributed by atoms with E-state index < -0.39 is 0 Å². The van der Waals surface area contributed by atoms with Crippen LogP contribution in [0.1, 0.15) is 6.42 Å². The Bertz CT molecular complexity index is 228. The molecule has 66 valence electrons. The Morgan fingerprint density at radius 2 is 2.33 bits per heavy atom. The van der Waals surface area contributed by atoms with Gasteiger partial charge in [0.1, 0.15) is 0 Å². The van der Waals surface area contributed by atoms with Crippen molar-refractivity contribution in [2.45, 2.75) is 6.42 Å². The van der Waals surface area contributed by atoms with Crippen LogP contribution in [0, 0.1) is 5.41 Å². The maximum atomic E-state index is 5.68. The molecule has 0 aromatic heterocycles. The van der Waals surface area contributed by atoms with Gasteiger partial charge in [-0.25, -0.2) is 0 Å². The number of hydrogen-bond donors (Lipinski definition) is 2. The van der Waals surface area contributed by atoms with E-state index in [4.69, 9.17) is 11.5 Å². The number of nitrogens with two attached hydrogens (primary N) is 2. The summed E-state index contributed by atoms with van der Waals surface area (Å²) in [4.78, 5) is 0. The third kappa shape index (κ3) is 1.65. The van der Waals surface area contributed by atoms with Crippen LogP contribution in [-0.4, -0.2) is 13.1 Å². The molecule has 1 atom stereocenters. The van der Waals surface area contributed by atoms with Crippen LogP contribution in [0.5, 0.6) is 0 Å². The van der Waals surface area contributed by atoms with E-state index in [2.05, 4.69) is 18.7 Å². The van der Waals surface area contributed by atoms with E-state index in [-0.39, 0.29) is 5.41 Å². The lowest BCUT2D eigenvalue weighted by atomic mass is 9.78. The van der Waals surface area contributed by atoms with Crippen LogP contribution in [0.25, 0.3) is 0 Å². The molecular formula is C10H16N2. The molecule has 0 fully saturated rings. The second-order valence-corrected chi connectivity index (χ2v) is 3.21. The van der Waals surface area contributed by atoms with Gasteiger partial charge in [0.25, 0.3) is 0 Å². The predicted octanol–water partition coefficient (Wildman–Crippen LogP) is 0.963. The first-order valence-corrected chi connectivity index (χ1v) is 4.17. The molecule has 12 heavy (non-hydrogen) atoms. The minimum atomic E-state index is -0.0521. The van der Waals surface area contributed by atoms with E-state index >= 15 is 0 Å². The molecule has 0 aromatic rings. The van der Waals surface area contributed by atoms with E-state index in [1.807, 2.05) is 12.2 Å². The van der Waals surface area contributed by atoms with E-state index in [1.165, 1.54) is 5.57 Å². The topological polar surface area (TPSA) is 52.0 Å². The highest BCUT2D eigenvalue weighted by atomic mass is 14.6. The average molecular weight is 164 g/mol. The van der Waals surface area contributed by atoms with Crippen molar-refractivity contribution in [3.63, 3.8) is 0 Å². The normalized spacial score (nSPS) is 28.3. The van der Waals surface area contributed by atoms with Gasteiger partial charge in [-0.2, -0.15) is 0 Å². The van der Waals surface area contributed by atoms with E-state index in [1.54, 1.807) is 0 Å². The zero-order chi connectivity index (χ0) is 9.03. The summed E-state index contributed by atoms with van der Waals surface area (Å²) in [5, 5.41) is 0. The monoisotopic (exact) mass is 164 g/mol. The Labute approximate surface area is 73.6 Å². The van der Waals surface area contributed by atoms with Crippen molar-refractivity contribution in [2.24, 2.45) is 16.9 Å². The fourth-order valence-corrected chi connectivity index (χ4v) is 1.42. The van der Waals surface area contributed by atoms with Gasteiger partial charge in [-0.05, 0) is 6.42 Å². The standard InChI is InChI=1S/C10H16N2/c1-2-10(8-12)5-3-4-9(6-10)7-11/h2-5H,1,6-8,11-12H2. The number of allylic oxidation sites excluding steroid dienone is 2. The minimum absolute atomic E-state index is 0.0521. The molecule has 0 aromatic carbocycles. The Morgan fingerprint density at radius 1 is 1.58 bits per heavy atom. The molecule has 0 bridgehead atoms. The van der Waals surface area contributed by atoms with Crippen LogP contribution < -0.4 is 11.5 Å². The Hall–Kier alpha value is -0.860. The van der Waals surface area contributed by atoms with Gasteiger partial charge >= 0.3 is 0 Å². The van der Waals surface area contributed by atoms with Gasteiger partial charge in [-0.3, -0.25) is 0 Å². The average Bonchev–Trinajstić information content (AvgIpc) is 2.18. The smallest absolute Gasteiger partial charge is 0.0222 e. The SMILES string of the molecule is C=CC1(CN)C=CC=C(CN)C1. The summed E-state index contributed by atoms with van der Waals surface area (Å²) < 4.78 is 0. The molecular weight excluding hydrogens is 148 g/mol. The van der Waals surface area contributed by atoms with Gasteiger partial charge in [-0.15, -0.1) is 6.58 Å². The van der Waals surface area contributed by atoms with Gasteiger partial charge in [0.05, 0.1) is 0 Å². The minimum Gasteiger partial charge on any atom is -0.329 e. The van der Waals surface area contributed by atoms with Gasteiger partial charge in [0.15, 0.2) is 0 Å². The first-order valence-electron chi connectivity index (χ1n) is 4.17. The summed E-state index contributed by atoms with van der Waals surface area (Å²) in [5.74, 6) is 0. The van der Waals surface area contributed by atoms with Crippen LogP contribution in [0.2, 0.25) is 0 Å². The Morgan fingerprint density at radius 3 is 2.83 bits per heavy atom. The molecule has 0 saturated heterocycles. The second-order valence-electron chi connectivity index (χ2n) is 3.21. The van der Waals surface area contributed by atoms with E-state index in [0.717, 1.165) is 6.42 Å². The largest absolute Gasteiger partial charge is 0.329 e. The quantitative estimate of drug-likeness (QED) is 0.610. The molecule has 2 nitrogen and oxygen atoms in total. The molecule has 0 saturated carbocycles. The van der Waals surface area contributed by atoms with Crippen LogP contribution in [0.4, 0.5) is 0 Å². The zero-order valence-corrected chi connectivity index (χ0v) is 7.29. The number of hydrogen-bond acceptors (Lipinski definition) is 2.